The zero-order valence-electron chi connectivity index (χ0n) is 11.7. The Morgan fingerprint density at radius 1 is 1.38 bits per heavy atom. The number of furan rings is 1. The molecule has 5 nitrogen and oxygen atoms in total. The fourth-order valence-corrected chi connectivity index (χ4v) is 2.25. The molecule has 21 heavy (non-hydrogen) atoms. The van der Waals surface area contributed by atoms with E-state index in [0.29, 0.717) is 30.6 Å². The van der Waals surface area contributed by atoms with Crippen LogP contribution in [0.5, 0.6) is 0 Å². The quantitative estimate of drug-likeness (QED) is 0.706. The highest BCUT2D eigenvalue weighted by Gasteiger charge is 2.08. The maximum atomic E-state index is 10.7. The molecule has 0 spiro atoms. The lowest BCUT2D eigenvalue weighted by atomic mass is 10.1. The number of rotatable bonds is 5. The molecule has 0 saturated carbocycles. The van der Waals surface area contributed by atoms with Crippen molar-refractivity contribution in [2.45, 2.75) is 25.9 Å². The number of hydrogen-bond acceptors (Lipinski definition) is 4. The molecule has 5 heteroatoms. The molecule has 0 radical (unpaired) electrons. The Morgan fingerprint density at radius 2 is 2.24 bits per heavy atom. The number of nitrogens with one attached hydrogen (secondary N) is 1. The number of nitrogens with zero attached hydrogens (tertiary/aromatic N) is 1. The molecule has 0 amide bonds. The van der Waals surface area contributed by atoms with E-state index in [4.69, 9.17) is 4.42 Å². The number of fused-ring (bicyclic) bond motifs is 1. The molecular formula is C16H16N2O3. The van der Waals surface area contributed by atoms with Crippen LogP contribution in [0, 0.1) is 0 Å². The zero-order chi connectivity index (χ0) is 14.8. The van der Waals surface area contributed by atoms with Crippen molar-refractivity contribution in [3.05, 3.63) is 41.9 Å². The van der Waals surface area contributed by atoms with Crippen molar-refractivity contribution in [3.63, 3.8) is 0 Å². The van der Waals surface area contributed by atoms with E-state index >= 15 is 0 Å². The van der Waals surface area contributed by atoms with Gasteiger partial charge in [-0.15, -0.1) is 0 Å². The zero-order valence-corrected chi connectivity index (χ0v) is 11.7. The maximum Gasteiger partial charge on any atom is 0.185 e. The second kappa shape index (κ2) is 5.54. The Bertz CT molecular complexity index is 771. The summed E-state index contributed by atoms with van der Waals surface area (Å²) in [7, 11) is 0. The van der Waals surface area contributed by atoms with Crippen LogP contribution in [0.2, 0.25) is 0 Å². The number of aryl methyl sites for hydroxylation is 1. The van der Waals surface area contributed by atoms with Crippen molar-refractivity contribution >= 4 is 17.3 Å². The number of carbonyl (C=O) groups excluding carboxylic acids is 1. The van der Waals surface area contributed by atoms with Crippen molar-refractivity contribution in [1.29, 1.82) is 0 Å². The summed E-state index contributed by atoms with van der Waals surface area (Å²) in [5, 5.41) is 9.32. The number of imidazole rings is 1. The van der Waals surface area contributed by atoms with Gasteiger partial charge in [-0.05, 0) is 43.7 Å². The number of hydrogen-bond donors (Lipinski definition) is 2. The van der Waals surface area contributed by atoms with Crippen LogP contribution in [0.15, 0.2) is 34.7 Å². The third kappa shape index (κ3) is 2.87. The summed E-state index contributed by atoms with van der Waals surface area (Å²) in [6.45, 7) is 1.77. The Morgan fingerprint density at radius 3 is 2.95 bits per heavy atom. The molecule has 1 aromatic carbocycles. The van der Waals surface area contributed by atoms with E-state index in [1.807, 2.05) is 18.2 Å². The van der Waals surface area contributed by atoms with E-state index in [-0.39, 0.29) is 6.10 Å². The number of benzene rings is 1. The second-order valence-corrected chi connectivity index (χ2v) is 5.12. The minimum atomic E-state index is -0.335. The monoisotopic (exact) mass is 284 g/mol. The predicted molar refractivity (Wildman–Crippen MR) is 79.2 cm³/mol. The number of aromatic amines is 1. The number of aromatic nitrogens is 2. The molecule has 3 rings (SSSR count). The van der Waals surface area contributed by atoms with Gasteiger partial charge in [0.1, 0.15) is 11.6 Å². The van der Waals surface area contributed by atoms with Gasteiger partial charge in [0.25, 0.3) is 0 Å². The van der Waals surface area contributed by atoms with Crippen molar-refractivity contribution in [3.8, 4) is 11.3 Å². The topological polar surface area (TPSA) is 79.1 Å². The minimum absolute atomic E-state index is 0.312. The van der Waals surface area contributed by atoms with Gasteiger partial charge in [-0.2, -0.15) is 0 Å². The van der Waals surface area contributed by atoms with E-state index in [9.17, 15) is 9.90 Å². The Balaban J connectivity index is 1.90. The first kappa shape index (κ1) is 13.6. The smallest absolute Gasteiger partial charge is 0.185 e. The van der Waals surface area contributed by atoms with Gasteiger partial charge in [-0.3, -0.25) is 4.79 Å². The largest absolute Gasteiger partial charge is 0.453 e. The van der Waals surface area contributed by atoms with Crippen molar-refractivity contribution in [2.75, 3.05) is 0 Å². The number of aliphatic hydroxyl groups is 1. The first-order chi connectivity index (χ1) is 10.2. The number of carbonyl (C=O) groups is 1. The van der Waals surface area contributed by atoms with Crippen molar-refractivity contribution < 1.29 is 14.3 Å². The van der Waals surface area contributed by atoms with Gasteiger partial charge in [0, 0.05) is 12.0 Å². The van der Waals surface area contributed by atoms with Crippen molar-refractivity contribution in [2.24, 2.45) is 0 Å². The summed E-state index contributed by atoms with van der Waals surface area (Å²) in [6.07, 6.45) is 1.73. The van der Waals surface area contributed by atoms with E-state index in [1.54, 1.807) is 19.1 Å². The molecule has 0 bridgehead atoms. The molecular weight excluding hydrogens is 268 g/mol. The van der Waals surface area contributed by atoms with Gasteiger partial charge in [-0.25, -0.2) is 4.98 Å². The van der Waals surface area contributed by atoms with Crippen LogP contribution in [0.1, 0.15) is 29.7 Å². The first-order valence-corrected chi connectivity index (χ1v) is 6.88. The molecule has 0 saturated heterocycles. The lowest BCUT2D eigenvalue weighted by molar-refractivity contribution is 0.110. The average Bonchev–Trinajstić information content (AvgIpc) is 3.10. The highest BCUT2D eigenvalue weighted by molar-refractivity contribution is 5.81. The maximum absolute atomic E-state index is 10.7. The predicted octanol–water partition coefficient (Wildman–Crippen LogP) is 2.95. The summed E-state index contributed by atoms with van der Waals surface area (Å²) in [5.41, 5.74) is 2.68. The molecule has 2 N–H and O–H groups in total. The third-order valence-electron chi connectivity index (χ3n) is 3.36. The van der Waals surface area contributed by atoms with E-state index < -0.39 is 0 Å². The van der Waals surface area contributed by atoms with Gasteiger partial charge in [0.2, 0.25) is 0 Å². The summed E-state index contributed by atoms with van der Waals surface area (Å²) < 4.78 is 5.42. The molecule has 108 valence electrons. The normalized spacial score (nSPS) is 12.7. The SMILES string of the molecule is CC(O)CCc1nc2ccc(-c3ccc(C=O)o3)cc2[nH]1. The van der Waals surface area contributed by atoms with Crippen LogP contribution < -0.4 is 0 Å². The van der Waals surface area contributed by atoms with Crippen LogP contribution in [-0.2, 0) is 6.42 Å². The molecule has 1 unspecified atom stereocenters. The first-order valence-electron chi connectivity index (χ1n) is 6.88. The van der Waals surface area contributed by atoms with E-state index in [1.165, 1.54) is 0 Å². The van der Waals surface area contributed by atoms with E-state index in [0.717, 1.165) is 22.4 Å². The Labute approximate surface area is 121 Å². The molecule has 2 aromatic heterocycles. The number of aliphatic hydroxyl groups excluding tert-OH is 1. The van der Waals surface area contributed by atoms with Crippen LogP contribution >= 0.6 is 0 Å². The van der Waals surface area contributed by atoms with Crippen molar-refractivity contribution in [1.82, 2.24) is 9.97 Å². The van der Waals surface area contributed by atoms with Gasteiger partial charge < -0.3 is 14.5 Å². The molecule has 2 heterocycles. The lowest BCUT2D eigenvalue weighted by Crippen LogP contribution is -2.02. The highest BCUT2D eigenvalue weighted by atomic mass is 16.3. The van der Waals surface area contributed by atoms with Crippen LogP contribution in [0.25, 0.3) is 22.4 Å². The van der Waals surface area contributed by atoms with Crippen LogP contribution in [-0.4, -0.2) is 27.5 Å². The number of aldehydes is 1. The fraction of sp³-hybridized carbons (Fsp3) is 0.250. The minimum Gasteiger partial charge on any atom is -0.453 e. The molecule has 0 aliphatic rings. The molecule has 3 aromatic rings. The highest BCUT2D eigenvalue weighted by Crippen LogP contribution is 2.25. The third-order valence-corrected chi connectivity index (χ3v) is 3.36. The van der Waals surface area contributed by atoms with Crippen LogP contribution in [0.4, 0.5) is 0 Å². The summed E-state index contributed by atoms with van der Waals surface area (Å²) in [4.78, 5) is 18.4. The van der Waals surface area contributed by atoms with Gasteiger partial charge in [0.05, 0.1) is 17.1 Å². The van der Waals surface area contributed by atoms with Gasteiger partial charge in [-0.1, -0.05) is 0 Å². The summed E-state index contributed by atoms with van der Waals surface area (Å²) >= 11 is 0. The standard InChI is InChI=1S/C16H16N2O3/c1-10(20)2-7-16-17-13-5-3-11(8-14(13)18-16)15-6-4-12(9-19)21-15/h3-6,8-10,20H,2,7H2,1H3,(H,17,18). The Kier molecular flexibility index (Phi) is 3.58. The lowest BCUT2D eigenvalue weighted by Gasteiger charge is -1.99. The summed E-state index contributed by atoms with van der Waals surface area (Å²) in [6, 6.07) is 9.19. The van der Waals surface area contributed by atoms with Gasteiger partial charge >= 0.3 is 0 Å². The second-order valence-electron chi connectivity index (χ2n) is 5.12. The molecule has 0 aliphatic carbocycles. The average molecular weight is 284 g/mol. The molecule has 0 fully saturated rings. The summed E-state index contributed by atoms with van der Waals surface area (Å²) in [5.74, 6) is 1.82. The number of H-pyrrole nitrogens is 1. The Hall–Kier alpha value is -2.40. The fourth-order valence-electron chi connectivity index (χ4n) is 2.25. The molecule has 0 aliphatic heterocycles. The van der Waals surface area contributed by atoms with Gasteiger partial charge in [0.15, 0.2) is 12.0 Å². The van der Waals surface area contributed by atoms with Crippen LogP contribution in [0.3, 0.4) is 0 Å². The molecule has 1 atom stereocenters. The van der Waals surface area contributed by atoms with E-state index in [2.05, 4.69) is 9.97 Å².